The van der Waals surface area contributed by atoms with Crippen LogP contribution >= 0.6 is 0 Å². The molecule has 0 saturated heterocycles. The third kappa shape index (κ3) is 8.52. The van der Waals surface area contributed by atoms with Crippen LogP contribution in [0.2, 0.25) is 0 Å². The molecule has 0 aromatic heterocycles. The van der Waals surface area contributed by atoms with Crippen molar-refractivity contribution in [3.05, 3.63) is 29.3 Å². The smallest absolute Gasteiger partial charge is 0.305 e. The maximum atomic E-state index is 11.7. The molecule has 0 unspecified atom stereocenters. The van der Waals surface area contributed by atoms with Crippen molar-refractivity contribution in [1.29, 1.82) is 0 Å². The molecule has 1 N–H and O–H groups in total. The number of hydrogen-bond acceptors (Lipinski definition) is 3. The number of unbranched alkanes of at least 4 members (excludes halogenated alkanes) is 8. The van der Waals surface area contributed by atoms with E-state index in [1.165, 1.54) is 70.8 Å². The van der Waals surface area contributed by atoms with Gasteiger partial charge < -0.3 is 4.74 Å². The zero-order chi connectivity index (χ0) is 21.0. The van der Waals surface area contributed by atoms with Crippen molar-refractivity contribution in [2.24, 2.45) is 0 Å². The zero-order valence-electron chi connectivity index (χ0n) is 18.3. The zero-order valence-corrected chi connectivity index (χ0v) is 19.1. The molecule has 0 bridgehead atoms. The van der Waals surface area contributed by atoms with E-state index in [2.05, 4.69) is 19.9 Å². The molecule has 0 fully saturated rings. The Kier molecular flexibility index (Phi) is 11.1. The molecule has 1 rings (SSSR count). The molecule has 0 aliphatic rings. The van der Waals surface area contributed by atoms with Crippen LogP contribution in [-0.2, 0) is 23.0 Å². The minimum absolute atomic E-state index is 0.587. The lowest BCUT2D eigenvalue weighted by Crippen LogP contribution is -2.38. The van der Waals surface area contributed by atoms with Crippen LogP contribution < -0.4 is 4.74 Å². The molecule has 5 heteroatoms. The molecule has 4 nitrogen and oxygen atoms in total. The second-order valence-corrected chi connectivity index (χ2v) is 10.1. The third-order valence-corrected chi connectivity index (χ3v) is 6.61. The second-order valence-electron chi connectivity index (χ2n) is 8.20. The van der Waals surface area contributed by atoms with Gasteiger partial charge in [-0.05, 0) is 56.7 Å². The first kappa shape index (κ1) is 25.0. The highest BCUT2D eigenvalue weighted by molar-refractivity contribution is 7.87. The van der Waals surface area contributed by atoms with Crippen molar-refractivity contribution in [3.63, 3.8) is 0 Å². The van der Waals surface area contributed by atoms with Gasteiger partial charge in [-0.25, -0.2) is 0 Å². The molecule has 0 radical (unpaired) electrons. The molecule has 0 aliphatic heterocycles. The fraction of sp³-hybridized carbons (Fsp3) is 0.739. The predicted octanol–water partition coefficient (Wildman–Crippen LogP) is 6.72. The Balaban J connectivity index is 2.94. The lowest BCUT2D eigenvalue weighted by Gasteiger charge is -2.25. The summed E-state index contributed by atoms with van der Waals surface area (Å²) in [6, 6.07) is 5.89. The summed E-state index contributed by atoms with van der Waals surface area (Å²) in [6.45, 7) is 7.21. The number of benzene rings is 1. The summed E-state index contributed by atoms with van der Waals surface area (Å²) < 4.78 is 38.7. The van der Waals surface area contributed by atoms with Gasteiger partial charge in [0.25, 0.3) is 0 Å². The van der Waals surface area contributed by atoms with E-state index in [-0.39, 0.29) is 0 Å². The molecule has 0 heterocycles. The van der Waals surface area contributed by atoms with Crippen molar-refractivity contribution in [3.8, 4) is 5.75 Å². The molecule has 28 heavy (non-hydrogen) atoms. The van der Waals surface area contributed by atoms with Gasteiger partial charge in [0.05, 0.1) is 0 Å². The van der Waals surface area contributed by atoms with Gasteiger partial charge in [0.1, 0.15) is 5.75 Å². The number of hydrogen-bond donors (Lipinski definition) is 1. The standard InChI is InChI=1S/C23H40O4S/c1-5-7-9-11-13-16-20-17-15-19-22(27-23(3,4)28(24,25)26)21(20)18-14-12-10-8-6-2/h15,17,19H,5-14,16,18H2,1-4H3,(H,24,25,26). The van der Waals surface area contributed by atoms with E-state index in [0.717, 1.165) is 31.2 Å². The Hall–Kier alpha value is -1.07. The van der Waals surface area contributed by atoms with Gasteiger partial charge in [-0.3, -0.25) is 4.55 Å². The van der Waals surface area contributed by atoms with Crippen LogP contribution in [0.4, 0.5) is 0 Å². The fourth-order valence-corrected chi connectivity index (χ4v) is 3.56. The lowest BCUT2D eigenvalue weighted by molar-refractivity contribution is 0.176. The maximum absolute atomic E-state index is 11.7. The van der Waals surface area contributed by atoms with Crippen molar-refractivity contribution in [2.75, 3.05) is 0 Å². The Bertz CT molecular complexity index is 665. The lowest BCUT2D eigenvalue weighted by atomic mass is 9.95. The van der Waals surface area contributed by atoms with Crippen LogP contribution in [0, 0.1) is 0 Å². The molecule has 0 saturated carbocycles. The quantitative estimate of drug-likeness (QED) is 0.257. The molecular formula is C23H40O4S. The van der Waals surface area contributed by atoms with Crippen molar-refractivity contribution in [1.82, 2.24) is 0 Å². The van der Waals surface area contributed by atoms with Crippen LogP contribution in [0.25, 0.3) is 0 Å². The average Bonchev–Trinajstić information content (AvgIpc) is 2.61. The summed E-state index contributed by atoms with van der Waals surface area (Å²) in [4.78, 5) is -1.66. The first-order chi connectivity index (χ1) is 13.2. The Morgan fingerprint density at radius 1 is 0.857 bits per heavy atom. The largest absolute Gasteiger partial charge is 0.469 e. The molecule has 0 aliphatic carbocycles. The number of rotatable bonds is 15. The Morgan fingerprint density at radius 3 is 1.93 bits per heavy atom. The van der Waals surface area contributed by atoms with Gasteiger partial charge in [0.15, 0.2) is 0 Å². The topological polar surface area (TPSA) is 63.6 Å². The molecule has 0 spiro atoms. The highest BCUT2D eigenvalue weighted by Gasteiger charge is 2.35. The summed E-state index contributed by atoms with van der Waals surface area (Å²) in [5, 5.41) is 0. The summed E-state index contributed by atoms with van der Waals surface area (Å²) in [5.41, 5.74) is 2.35. The van der Waals surface area contributed by atoms with Crippen molar-refractivity contribution < 1.29 is 17.7 Å². The monoisotopic (exact) mass is 412 g/mol. The van der Waals surface area contributed by atoms with E-state index in [1.807, 2.05) is 12.1 Å². The van der Waals surface area contributed by atoms with Gasteiger partial charge in [0, 0.05) is 0 Å². The second kappa shape index (κ2) is 12.5. The highest BCUT2D eigenvalue weighted by Crippen LogP contribution is 2.31. The average molecular weight is 413 g/mol. The fourth-order valence-electron chi connectivity index (χ4n) is 3.37. The molecule has 1 aromatic carbocycles. The van der Waals surface area contributed by atoms with E-state index >= 15 is 0 Å². The van der Waals surface area contributed by atoms with Crippen molar-refractivity contribution >= 4 is 10.1 Å². The number of ether oxygens (including phenoxy) is 1. The Labute approximate surface area is 172 Å². The minimum atomic E-state index is -4.31. The first-order valence-corrected chi connectivity index (χ1v) is 12.4. The molecule has 0 amide bonds. The van der Waals surface area contributed by atoms with E-state index in [1.54, 1.807) is 0 Å². The highest BCUT2D eigenvalue weighted by atomic mass is 32.2. The summed E-state index contributed by atoms with van der Waals surface area (Å²) in [6.07, 6.45) is 13.9. The van der Waals surface area contributed by atoms with Gasteiger partial charge >= 0.3 is 10.1 Å². The van der Waals surface area contributed by atoms with E-state index in [9.17, 15) is 13.0 Å². The maximum Gasteiger partial charge on any atom is 0.305 e. The van der Waals surface area contributed by atoms with Crippen LogP contribution in [0.15, 0.2) is 18.2 Å². The van der Waals surface area contributed by atoms with Crippen LogP contribution in [0.5, 0.6) is 5.75 Å². The van der Waals surface area contributed by atoms with Crippen LogP contribution in [0.3, 0.4) is 0 Å². The first-order valence-electron chi connectivity index (χ1n) is 11.0. The van der Waals surface area contributed by atoms with E-state index < -0.39 is 15.1 Å². The van der Waals surface area contributed by atoms with Gasteiger partial charge in [-0.2, -0.15) is 8.42 Å². The van der Waals surface area contributed by atoms with E-state index in [0.29, 0.717) is 5.75 Å². The van der Waals surface area contributed by atoms with E-state index in [4.69, 9.17) is 4.74 Å². The van der Waals surface area contributed by atoms with Crippen molar-refractivity contribution in [2.45, 2.75) is 110 Å². The van der Waals surface area contributed by atoms with Gasteiger partial charge in [-0.15, -0.1) is 0 Å². The summed E-state index contributed by atoms with van der Waals surface area (Å²) in [7, 11) is -4.31. The number of aryl methyl sites for hydroxylation is 1. The predicted molar refractivity (Wildman–Crippen MR) is 118 cm³/mol. The Morgan fingerprint density at radius 2 is 1.39 bits per heavy atom. The summed E-state index contributed by atoms with van der Waals surface area (Å²) >= 11 is 0. The normalized spacial score (nSPS) is 12.3. The third-order valence-electron chi connectivity index (χ3n) is 5.29. The summed E-state index contributed by atoms with van der Waals surface area (Å²) in [5.74, 6) is 0.587. The molecule has 162 valence electrons. The van der Waals surface area contributed by atoms with Gasteiger partial charge in [-0.1, -0.05) is 77.3 Å². The minimum Gasteiger partial charge on any atom is -0.469 e. The van der Waals surface area contributed by atoms with Gasteiger partial charge in [0.2, 0.25) is 4.93 Å². The molecule has 1 aromatic rings. The SMILES string of the molecule is CCCCCCCc1cccc(OC(C)(C)S(=O)(=O)O)c1CCCCCCC. The van der Waals surface area contributed by atoms with Crippen LogP contribution in [0.1, 0.15) is 103 Å². The van der Waals surface area contributed by atoms with Crippen LogP contribution in [-0.4, -0.2) is 17.9 Å². The molecule has 0 atom stereocenters. The molecular weight excluding hydrogens is 372 g/mol.